The van der Waals surface area contributed by atoms with Crippen LogP contribution in [0.25, 0.3) is 11.3 Å². The number of ether oxygens (including phenoxy) is 1. The lowest BCUT2D eigenvalue weighted by Gasteiger charge is -2.49. The molecule has 2 saturated heterocycles. The third kappa shape index (κ3) is 6.85. The van der Waals surface area contributed by atoms with E-state index in [9.17, 15) is 13.2 Å². The Kier molecular flexibility index (Phi) is 9.00. The summed E-state index contributed by atoms with van der Waals surface area (Å²) in [4.78, 5) is 5.69. The van der Waals surface area contributed by atoms with Crippen LogP contribution in [0.3, 0.4) is 0 Å². The largest absolute Gasteiger partial charge is 0.434 e. The standard InChI is InChI=1S/C15H25B2NO.C10H7F3N4.CH4/c1-14(2)8-13(6-7-19-14)15(16,17)18-9-11-4-3-5-12(11)10-18;11-10(12,13)9-6(2-1-5-15-9)7-3-4-8(14)17-16-7;/h11-13H,3-10H2,1-2H3;1-5H,(H2,14,17);1H4. The van der Waals surface area contributed by atoms with Crippen molar-refractivity contribution in [1.82, 2.24) is 20.1 Å². The summed E-state index contributed by atoms with van der Waals surface area (Å²) in [6.45, 7) is 7.29. The van der Waals surface area contributed by atoms with Crippen LogP contribution in [0.1, 0.15) is 59.1 Å². The van der Waals surface area contributed by atoms with Crippen LogP contribution < -0.4 is 5.73 Å². The van der Waals surface area contributed by atoms with Crippen LogP contribution in [0, 0.1) is 17.8 Å². The Morgan fingerprint density at radius 2 is 1.73 bits per heavy atom. The molecule has 4 heterocycles. The number of likely N-dealkylation sites (tertiary alicyclic amines) is 1. The summed E-state index contributed by atoms with van der Waals surface area (Å²) in [6.07, 6.45) is 2.65. The fourth-order valence-corrected chi connectivity index (χ4v) is 5.76. The monoisotopic (exact) mass is 513 g/mol. The van der Waals surface area contributed by atoms with E-state index in [1.807, 2.05) is 0 Å². The number of nitrogen functional groups attached to an aromatic ring is 1. The molecule has 3 fully saturated rings. The Morgan fingerprint density at radius 3 is 2.30 bits per heavy atom. The van der Waals surface area contributed by atoms with Crippen LogP contribution in [0.15, 0.2) is 30.5 Å². The lowest BCUT2D eigenvalue weighted by Crippen LogP contribution is -2.57. The van der Waals surface area contributed by atoms with Gasteiger partial charge in [0.15, 0.2) is 5.69 Å². The molecule has 1 aliphatic carbocycles. The number of rotatable bonds is 3. The number of fused-ring (bicyclic) bond motifs is 1. The van der Waals surface area contributed by atoms with Gasteiger partial charge in [-0.2, -0.15) is 13.2 Å². The highest BCUT2D eigenvalue weighted by Crippen LogP contribution is 2.43. The Bertz CT molecular complexity index is 1020. The highest BCUT2D eigenvalue weighted by atomic mass is 19.4. The fraction of sp³-hybridized carbons (Fsp3) is 0.654. The molecule has 2 aromatic heterocycles. The maximum atomic E-state index is 12.7. The molecule has 37 heavy (non-hydrogen) atoms. The number of nitrogens with two attached hydrogens (primary N) is 1. The summed E-state index contributed by atoms with van der Waals surface area (Å²) in [6, 6.07) is 5.45. The molecule has 0 aromatic carbocycles. The summed E-state index contributed by atoms with van der Waals surface area (Å²) in [5.74, 6) is 2.18. The summed E-state index contributed by atoms with van der Waals surface area (Å²) in [5.41, 5.74) is 4.21. The van der Waals surface area contributed by atoms with Crippen molar-refractivity contribution in [3.63, 3.8) is 0 Å². The first-order chi connectivity index (χ1) is 16.9. The van der Waals surface area contributed by atoms with Crippen LogP contribution >= 0.6 is 0 Å². The smallest absolute Gasteiger partial charge is 0.382 e. The minimum absolute atomic E-state index is 0. The van der Waals surface area contributed by atoms with Gasteiger partial charge in [-0.25, -0.2) is 0 Å². The highest BCUT2D eigenvalue weighted by molar-refractivity contribution is 6.40. The topological polar surface area (TPSA) is 77.2 Å². The van der Waals surface area contributed by atoms with Crippen molar-refractivity contribution in [3.8, 4) is 11.3 Å². The van der Waals surface area contributed by atoms with Gasteiger partial charge in [-0.1, -0.05) is 19.2 Å². The predicted octanol–water partition coefficient (Wildman–Crippen LogP) is 4.69. The van der Waals surface area contributed by atoms with E-state index in [2.05, 4.69) is 33.9 Å². The molecule has 2 aromatic rings. The third-order valence-corrected chi connectivity index (χ3v) is 7.66. The summed E-state index contributed by atoms with van der Waals surface area (Å²) in [7, 11) is 13.1. The molecule has 2 aliphatic heterocycles. The second kappa shape index (κ2) is 11.3. The Hall–Kier alpha value is -2.13. The molecular formula is C26H36B2F3N5O. The molecule has 11 heteroatoms. The third-order valence-electron chi connectivity index (χ3n) is 7.66. The van der Waals surface area contributed by atoms with Gasteiger partial charge in [0, 0.05) is 31.5 Å². The number of nitrogens with zero attached hydrogens (tertiary/aromatic N) is 4. The molecule has 3 aliphatic rings. The molecule has 3 unspecified atom stereocenters. The SMILES string of the molecule is C.Nc1ccc(-c2cccnc2C(F)(F)F)nn1.[B]C([B])(C1CCOC(C)(C)C1)N1CC2CCCC2C1. The zero-order chi connectivity index (χ0) is 26.1. The van der Waals surface area contributed by atoms with Gasteiger partial charge in [0.05, 0.1) is 27.0 Å². The number of halogens is 3. The zero-order valence-electron chi connectivity index (χ0n) is 20.8. The van der Waals surface area contributed by atoms with E-state index >= 15 is 0 Å². The van der Waals surface area contributed by atoms with E-state index in [0.717, 1.165) is 50.6 Å². The quantitative estimate of drug-likeness (QED) is 0.601. The summed E-state index contributed by atoms with van der Waals surface area (Å²) in [5, 5.41) is 6.47. The van der Waals surface area contributed by atoms with E-state index < -0.39 is 17.2 Å². The molecule has 5 rings (SSSR count). The average Bonchev–Trinajstić information content (AvgIpc) is 3.42. The van der Waals surface area contributed by atoms with Gasteiger partial charge in [-0.15, -0.1) is 10.2 Å². The predicted molar refractivity (Wildman–Crippen MR) is 141 cm³/mol. The number of aromatic nitrogens is 3. The van der Waals surface area contributed by atoms with Gasteiger partial charge >= 0.3 is 6.18 Å². The Balaban J connectivity index is 0.000000201. The van der Waals surface area contributed by atoms with Crippen molar-refractivity contribution in [3.05, 3.63) is 36.2 Å². The molecular weight excluding hydrogens is 477 g/mol. The van der Waals surface area contributed by atoms with Gasteiger partial charge in [0.1, 0.15) is 5.82 Å². The molecule has 2 N–H and O–H groups in total. The molecule has 0 bridgehead atoms. The summed E-state index contributed by atoms with van der Waals surface area (Å²) < 4.78 is 43.8. The molecule has 3 atom stereocenters. The fourth-order valence-electron chi connectivity index (χ4n) is 5.76. The first-order valence-corrected chi connectivity index (χ1v) is 12.5. The highest BCUT2D eigenvalue weighted by Gasteiger charge is 2.45. The first-order valence-electron chi connectivity index (χ1n) is 12.5. The number of hydrogen-bond donors (Lipinski definition) is 1. The second-order valence-corrected chi connectivity index (χ2v) is 10.8. The normalized spacial score (nSPS) is 25.5. The van der Waals surface area contributed by atoms with Crippen LogP contribution in [0.2, 0.25) is 0 Å². The molecule has 198 valence electrons. The lowest BCUT2D eigenvalue weighted by molar-refractivity contribution is -0.140. The number of pyridine rings is 1. The van der Waals surface area contributed by atoms with Crippen molar-refractivity contribution in [1.29, 1.82) is 0 Å². The first kappa shape index (κ1) is 29.4. The van der Waals surface area contributed by atoms with E-state index in [1.165, 1.54) is 43.5 Å². The number of hydrogen-bond acceptors (Lipinski definition) is 6. The van der Waals surface area contributed by atoms with Crippen LogP contribution in [0.5, 0.6) is 0 Å². The van der Waals surface area contributed by atoms with Crippen LogP contribution in [-0.2, 0) is 10.9 Å². The van der Waals surface area contributed by atoms with Crippen LogP contribution in [-0.4, -0.2) is 66.4 Å². The van der Waals surface area contributed by atoms with E-state index in [-0.39, 0.29) is 30.1 Å². The van der Waals surface area contributed by atoms with Crippen molar-refractivity contribution in [2.45, 2.75) is 70.5 Å². The number of anilines is 1. The Morgan fingerprint density at radius 1 is 1.05 bits per heavy atom. The van der Waals surface area contributed by atoms with Gasteiger partial charge in [-0.05, 0) is 81.5 Å². The molecule has 0 spiro atoms. The average molecular weight is 513 g/mol. The van der Waals surface area contributed by atoms with Crippen molar-refractivity contribution < 1.29 is 17.9 Å². The maximum Gasteiger partial charge on any atom is 0.434 e. The van der Waals surface area contributed by atoms with Gasteiger partial charge in [0.25, 0.3) is 0 Å². The molecule has 1 saturated carbocycles. The summed E-state index contributed by atoms with van der Waals surface area (Å²) >= 11 is 0. The van der Waals surface area contributed by atoms with Gasteiger partial charge in [-0.3, -0.25) is 4.98 Å². The van der Waals surface area contributed by atoms with Gasteiger partial charge in [0.2, 0.25) is 0 Å². The van der Waals surface area contributed by atoms with Crippen molar-refractivity contribution in [2.75, 3.05) is 25.4 Å². The maximum absolute atomic E-state index is 12.7. The minimum atomic E-state index is -4.53. The molecule has 4 radical (unpaired) electrons. The van der Waals surface area contributed by atoms with E-state index in [4.69, 9.17) is 26.2 Å². The van der Waals surface area contributed by atoms with Crippen molar-refractivity contribution >= 4 is 21.5 Å². The lowest BCUT2D eigenvalue weighted by atomic mass is 9.51. The second-order valence-electron chi connectivity index (χ2n) is 10.8. The van der Waals surface area contributed by atoms with E-state index in [0.29, 0.717) is 5.92 Å². The van der Waals surface area contributed by atoms with Crippen LogP contribution in [0.4, 0.5) is 19.0 Å². The minimum Gasteiger partial charge on any atom is -0.382 e. The molecule has 0 amide bonds. The van der Waals surface area contributed by atoms with E-state index in [1.54, 1.807) is 0 Å². The Labute approximate surface area is 220 Å². The zero-order valence-corrected chi connectivity index (χ0v) is 20.8. The van der Waals surface area contributed by atoms with Gasteiger partial charge < -0.3 is 15.4 Å². The van der Waals surface area contributed by atoms with Crippen molar-refractivity contribution in [2.24, 2.45) is 17.8 Å². The number of alkyl halides is 3. The molecule has 6 nitrogen and oxygen atoms in total.